The number of aromatic hydroxyl groups is 2. The zero-order chi connectivity index (χ0) is 22.6. The zero-order valence-electron chi connectivity index (χ0n) is 17.4. The Morgan fingerprint density at radius 1 is 1.00 bits per heavy atom. The van der Waals surface area contributed by atoms with Gasteiger partial charge in [0.2, 0.25) is 0 Å². The highest BCUT2D eigenvalue weighted by molar-refractivity contribution is 6.27. The molecule has 0 aliphatic carbocycles. The number of carbonyl (C=O) groups is 1. The van der Waals surface area contributed by atoms with Crippen LogP contribution in [-0.4, -0.2) is 21.0 Å². The van der Waals surface area contributed by atoms with Gasteiger partial charge in [-0.05, 0) is 55.3 Å². The molecule has 1 fully saturated rings. The minimum absolute atomic E-state index is 0.112. The molecule has 1 aliphatic heterocycles. The maximum atomic E-state index is 13.7. The van der Waals surface area contributed by atoms with Gasteiger partial charge in [0.05, 0.1) is 0 Å². The molecule has 4 nitrogen and oxygen atoms in total. The summed E-state index contributed by atoms with van der Waals surface area (Å²) in [6, 6.07) is 13.4. The van der Waals surface area contributed by atoms with Gasteiger partial charge in [0.25, 0.3) is 5.91 Å². The van der Waals surface area contributed by atoms with Crippen molar-refractivity contribution < 1.29 is 15.0 Å². The van der Waals surface area contributed by atoms with Crippen LogP contribution in [0.5, 0.6) is 11.5 Å². The summed E-state index contributed by atoms with van der Waals surface area (Å²) in [4.78, 5) is 15.4. The molecule has 0 aromatic heterocycles. The number of phenolic OH excluding ortho intramolecular Hbond substituents is 2. The third kappa shape index (κ3) is 3.60. The molecule has 5 heteroatoms. The van der Waals surface area contributed by atoms with Crippen molar-refractivity contribution in [2.24, 2.45) is 0 Å². The van der Waals surface area contributed by atoms with E-state index in [1.165, 1.54) is 5.54 Å². The SMILES string of the molecule is C=C/C=C\C(=C/C)N1C(=O)C(=C/C)/C(=C\Cl)C1(c1ccc(O)cc1)c1ccc(O)cc1. The van der Waals surface area contributed by atoms with Gasteiger partial charge in [-0.2, -0.15) is 0 Å². The second kappa shape index (κ2) is 9.11. The number of allylic oxidation sites excluding steroid dienone is 5. The molecule has 1 heterocycles. The molecule has 158 valence electrons. The number of benzene rings is 2. The lowest BCUT2D eigenvalue weighted by molar-refractivity contribution is -0.125. The average Bonchev–Trinajstić information content (AvgIpc) is 3.04. The van der Waals surface area contributed by atoms with Gasteiger partial charge in [-0.25, -0.2) is 0 Å². The number of hydrogen-bond donors (Lipinski definition) is 2. The van der Waals surface area contributed by atoms with Crippen molar-refractivity contribution in [2.45, 2.75) is 19.4 Å². The summed E-state index contributed by atoms with van der Waals surface area (Å²) in [5.41, 5.74) is 3.51. The fourth-order valence-electron chi connectivity index (χ4n) is 4.04. The van der Waals surface area contributed by atoms with E-state index in [0.717, 1.165) is 11.1 Å². The van der Waals surface area contributed by atoms with Crippen molar-refractivity contribution in [1.82, 2.24) is 4.90 Å². The van der Waals surface area contributed by atoms with E-state index < -0.39 is 5.54 Å². The first kappa shape index (κ1) is 22.2. The topological polar surface area (TPSA) is 60.8 Å². The summed E-state index contributed by atoms with van der Waals surface area (Å²) in [5, 5.41) is 19.8. The fraction of sp³-hybridized carbons (Fsp3) is 0.115. The van der Waals surface area contributed by atoms with Crippen LogP contribution in [0.1, 0.15) is 25.0 Å². The van der Waals surface area contributed by atoms with Gasteiger partial charge in [0.15, 0.2) is 0 Å². The number of halogens is 1. The van der Waals surface area contributed by atoms with Gasteiger partial charge in [-0.3, -0.25) is 9.69 Å². The Bertz CT molecular complexity index is 1060. The van der Waals surface area contributed by atoms with Crippen LogP contribution in [0.15, 0.2) is 108 Å². The van der Waals surface area contributed by atoms with E-state index in [1.807, 2.05) is 19.1 Å². The minimum Gasteiger partial charge on any atom is -0.508 e. The van der Waals surface area contributed by atoms with Crippen LogP contribution in [0, 0.1) is 0 Å². The van der Waals surface area contributed by atoms with Crippen LogP contribution in [0.2, 0.25) is 0 Å². The van der Waals surface area contributed by atoms with Crippen LogP contribution in [0.4, 0.5) is 0 Å². The van der Waals surface area contributed by atoms with Crippen LogP contribution in [0.25, 0.3) is 0 Å². The van der Waals surface area contributed by atoms with E-state index in [2.05, 4.69) is 6.58 Å². The molecule has 3 rings (SSSR count). The molecule has 0 spiro atoms. The highest BCUT2D eigenvalue weighted by atomic mass is 35.5. The number of amides is 1. The first-order chi connectivity index (χ1) is 14.9. The summed E-state index contributed by atoms with van der Waals surface area (Å²) >= 11 is 6.38. The standard InChI is InChI=1S/C26H24ClNO3/c1-4-7-8-20(5-2)28-25(31)23(6-3)24(17-27)26(28,18-9-13-21(29)14-10-18)19-11-15-22(30)16-12-19/h4-17,29-30H,1H2,2-3H3/b8-7-,20-5+,23-6+,24-17+. The Balaban J connectivity index is 2.49. The normalized spacial score (nSPS) is 19.0. The van der Waals surface area contributed by atoms with E-state index in [0.29, 0.717) is 16.8 Å². The zero-order valence-corrected chi connectivity index (χ0v) is 18.2. The second-order valence-electron chi connectivity index (χ2n) is 6.98. The van der Waals surface area contributed by atoms with Crippen LogP contribution in [0.3, 0.4) is 0 Å². The molecule has 2 N–H and O–H groups in total. The molecule has 31 heavy (non-hydrogen) atoms. The van der Waals surface area contributed by atoms with E-state index in [9.17, 15) is 15.0 Å². The van der Waals surface area contributed by atoms with Gasteiger partial charge in [0.1, 0.15) is 17.0 Å². The highest BCUT2D eigenvalue weighted by Gasteiger charge is 2.55. The number of rotatable bonds is 5. The summed E-state index contributed by atoms with van der Waals surface area (Å²) in [5.74, 6) is 0.0132. The van der Waals surface area contributed by atoms with Gasteiger partial charge >= 0.3 is 0 Å². The quantitative estimate of drug-likeness (QED) is 0.456. The number of nitrogens with zero attached hydrogens (tertiary/aromatic N) is 1. The lowest BCUT2D eigenvalue weighted by Crippen LogP contribution is -2.44. The Morgan fingerprint density at radius 3 is 1.90 bits per heavy atom. The fourth-order valence-corrected chi connectivity index (χ4v) is 4.31. The molecule has 1 amide bonds. The van der Waals surface area contributed by atoms with Crippen molar-refractivity contribution >= 4 is 17.5 Å². The molecule has 0 atom stereocenters. The van der Waals surface area contributed by atoms with Crippen molar-refractivity contribution in [3.05, 3.63) is 119 Å². The maximum absolute atomic E-state index is 13.7. The van der Waals surface area contributed by atoms with Gasteiger partial charge in [0, 0.05) is 22.4 Å². The number of carbonyl (C=O) groups excluding carboxylic acids is 1. The van der Waals surface area contributed by atoms with Gasteiger partial charge in [-0.1, -0.05) is 66.7 Å². The smallest absolute Gasteiger partial charge is 0.259 e. The maximum Gasteiger partial charge on any atom is 0.259 e. The Kier molecular flexibility index (Phi) is 6.52. The molecule has 1 aliphatic rings. The molecule has 2 aromatic rings. The average molecular weight is 434 g/mol. The van der Waals surface area contributed by atoms with Crippen molar-refractivity contribution in [3.8, 4) is 11.5 Å². The molecular weight excluding hydrogens is 410 g/mol. The lowest BCUT2D eigenvalue weighted by Gasteiger charge is -2.40. The molecule has 0 saturated carbocycles. The second-order valence-corrected chi connectivity index (χ2v) is 7.20. The first-order valence-corrected chi connectivity index (χ1v) is 10.3. The first-order valence-electron chi connectivity index (χ1n) is 9.82. The molecule has 1 saturated heterocycles. The predicted molar refractivity (Wildman–Crippen MR) is 125 cm³/mol. The van der Waals surface area contributed by atoms with Crippen molar-refractivity contribution in [1.29, 1.82) is 0 Å². The number of hydrogen-bond acceptors (Lipinski definition) is 3. The monoisotopic (exact) mass is 433 g/mol. The largest absolute Gasteiger partial charge is 0.508 e. The number of phenols is 2. The van der Waals surface area contributed by atoms with E-state index in [-0.39, 0.29) is 17.4 Å². The van der Waals surface area contributed by atoms with Crippen molar-refractivity contribution in [3.63, 3.8) is 0 Å². The molecule has 2 aromatic carbocycles. The Morgan fingerprint density at radius 2 is 1.52 bits per heavy atom. The van der Waals surface area contributed by atoms with E-state index >= 15 is 0 Å². The Hall–Kier alpha value is -3.50. The van der Waals surface area contributed by atoms with E-state index in [4.69, 9.17) is 11.6 Å². The summed E-state index contributed by atoms with van der Waals surface area (Å²) in [6.07, 6.45) is 8.81. The summed E-state index contributed by atoms with van der Waals surface area (Å²) < 4.78 is 0. The molecule has 0 radical (unpaired) electrons. The lowest BCUT2D eigenvalue weighted by atomic mass is 9.76. The molecular formula is C26H24ClNO3. The third-order valence-electron chi connectivity index (χ3n) is 5.37. The van der Waals surface area contributed by atoms with Crippen LogP contribution >= 0.6 is 11.6 Å². The molecule has 0 bridgehead atoms. The number of likely N-dealkylation sites (tertiary alicyclic amines) is 1. The summed E-state index contributed by atoms with van der Waals surface area (Å²) in [7, 11) is 0. The van der Waals surface area contributed by atoms with Crippen LogP contribution < -0.4 is 0 Å². The van der Waals surface area contributed by atoms with Crippen LogP contribution in [-0.2, 0) is 10.3 Å². The summed E-state index contributed by atoms with van der Waals surface area (Å²) in [6.45, 7) is 7.38. The third-order valence-corrected chi connectivity index (χ3v) is 5.59. The van der Waals surface area contributed by atoms with Crippen molar-refractivity contribution in [2.75, 3.05) is 0 Å². The van der Waals surface area contributed by atoms with E-state index in [1.54, 1.807) is 78.6 Å². The van der Waals surface area contributed by atoms with Gasteiger partial charge < -0.3 is 10.2 Å². The predicted octanol–water partition coefficient (Wildman–Crippen LogP) is 5.90. The highest BCUT2D eigenvalue weighted by Crippen LogP contribution is 2.53. The Labute approximate surface area is 187 Å². The minimum atomic E-state index is -1.12. The molecule has 0 unspecified atom stereocenters. The van der Waals surface area contributed by atoms with Gasteiger partial charge in [-0.15, -0.1) is 0 Å².